The largest absolute Gasteiger partial charge is 0.335 e. The standard InChI is InChI=1S/C19H24ClN3O3/c1-3-5-6-7-12-21-15(4-2)16-17(24)22-19(26)23(18(16)25)14-10-8-13(20)9-11-14/h8-11,16H,3-7,12H2,1-2H3,(H,22,24,26). The van der Waals surface area contributed by atoms with E-state index in [0.29, 0.717) is 29.4 Å². The van der Waals surface area contributed by atoms with E-state index in [4.69, 9.17) is 11.6 Å². The number of carbonyl (C=O) groups is 3. The Hall–Kier alpha value is -2.21. The number of halogens is 1. The maximum absolute atomic E-state index is 12.9. The number of imide groups is 2. The maximum Gasteiger partial charge on any atom is 0.335 e. The van der Waals surface area contributed by atoms with Crippen LogP contribution in [0, 0.1) is 5.92 Å². The van der Waals surface area contributed by atoms with Gasteiger partial charge in [0.2, 0.25) is 5.91 Å². The summed E-state index contributed by atoms with van der Waals surface area (Å²) in [5.74, 6) is -2.26. The van der Waals surface area contributed by atoms with Crippen molar-refractivity contribution < 1.29 is 14.4 Å². The van der Waals surface area contributed by atoms with E-state index in [0.717, 1.165) is 30.6 Å². The van der Waals surface area contributed by atoms with Gasteiger partial charge < -0.3 is 0 Å². The van der Waals surface area contributed by atoms with Crippen LogP contribution in [0.3, 0.4) is 0 Å². The molecule has 1 aromatic carbocycles. The third-order valence-corrected chi connectivity index (χ3v) is 4.52. The number of urea groups is 1. The Kier molecular flexibility index (Phi) is 7.33. The van der Waals surface area contributed by atoms with Gasteiger partial charge in [-0.1, -0.05) is 44.7 Å². The molecule has 1 heterocycles. The summed E-state index contributed by atoms with van der Waals surface area (Å²) in [4.78, 5) is 42.8. The molecule has 2 rings (SSSR count). The summed E-state index contributed by atoms with van der Waals surface area (Å²) in [6.07, 6.45) is 4.72. The van der Waals surface area contributed by atoms with E-state index in [9.17, 15) is 14.4 Å². The highest BCUT2D eigenvalue weighted by molar-refractivity contribution is 6.35. The number of barbiturate groups is 1. The lowest BCUT2D eigenvalue weighted by Gasteiger charge is -2.30. The van der Waals surface area contributed by atoms with Gasteiger partial charge in [0.05, 0.1) is 5.69 Å². The van der Waals surface area contributed by atoms with Crippen LogP contribution < -0.4 is 10.2 Å². The van der Waals surface area contributed by atoms with Gasteiger partial charge in [0.1, 0.15) is 0 Å². The maximum atomic E-state index is 12.9. The average molecular weight is 378 g/mol. The first-order valence-electron chi connectivity index (χ1n) is 8.97. The monoisotopic (exact) mass is 377 g/mol. The topological polar surface area (TPSA) is 78.8 Å². The fraction of sp³-hybridized carbons (Fsp3) is 0.474. The number of amides is 4. The Labute approximate surface area is 158 Å². The Bertz CT molecular complexity index is 700. The quantitative estimate of drug-likeness (QED) is 0.423. The first-order valence-corrected chi connectivity index (χ1v) is 9.35. The van der Waals surface area contributed by atoms with Gasteiger partial charge in [0.15, 0.2) is 5.92 Å². The van der Waals surface area contributed by atoms with Crippen LogP contribution in [0.25, 0.3) is 0 Å². The van der Waals surface area contributed by atoms with Crippen LogP contribution in [0.4, 0.5) is 10.5 Å². The normalized spacial score (nSPS) is 18.3. The molecule has 26 heavy (non-hydrogen) atoms. The molecule has 1 aromatic rings. The second kappa shape index (κ2) is 9.48. The lowest BCUT2D eigenvalue weighted by Crippen LogP contribution is -2.60. The number of carbonyl (C=O) groups excluding carboxylic acids is 3. The summed E-state index contributed by atoms with van der Waals surface area (Å²) < 4.78 is 0. The lowest BCUT2D eigenvalue weighted by atomic mass is 9.96. The van der Waals surface area contributed by atoms with E-state index >= 15 is 0 Å². The van der Waals surface area contributed by atoms with Gasteiger partial charge in [0.25, 0.3) is 5.91 Å². The molecular formula is C19H24ClN3O3. The number of benzene rings is 1. The van der Waals surface area contributed by atoms with Crippen molar-refractivity contribution in [2.45, 2.75) is 46.0 Å². The van der Waals surface area contributed by atoms with E-state index in [1.165, 1.54) is 0 Å². The fourth-order valence-electron chi connectivity index (χ4n) is 2.87. The van der Waals surface area contributed by atoms with Crippen LogP contribution in [-0.2, 0) is 9.59 Å². The molecule has 1 unspecified atom stereocenters. The van der Waals surface area contributed by atoms with Gasteiger partial charge in [-0.15, -0.1) is 0 Å². The van der Waals surface area contributed by atoms with Crippen LogP contribution in [0.1, 0.15) is 46.0 Å². The number of rotatable bonds is 8. The molecule has 0 radical (unpaired) electrons. The zero-order chi connectivity index (χ0) is 19.1. The predicted molar refractivity (Wildman–Crippen MR) is 103 cm³/mol. The average Bonchev–Trinajstić information content (AvgIpc) is 2.61. The van der Waals surface area contributed by atoms with Crippen molar-refractivity contribution in [3.05, 3.63) is 29.3 Å². The molecule has 1 aliphatic rings. The van der Waals surface area contributed by atoms with E-state index in [1.54, 1.807) is 24.3 Å². The smallest absolute Gasteiger partial charge is 0.293 e. The molecule has 0 aromatic heterocycles. The van der Waals surface area contributed by atoms with Crippen molar-refractivity contribution in [2.24, 2.45) is 10.9 Å². The molecule has 1 fully saturated rings. The number of aliphatic imine (C=N–C) groups is 1. The van der Waals surface area contributed by atoms with E-state index in [2.05, 4.69) is 17.2 Å². The second-order valence-electron chi connectivity index (χ2n) is 6.16. The minimum absolute atomic E-state index is 0.368. The van der Waals surface area contributed by atoms with Crippen LogP contribution in [0.2, 0.25) is 5.02 Å². The van der Waals surface area contributed by atoms with Gasteiger partial charge in [-0.05, 0) is 37.1 Å². The van der Waals surface area contributed by atoms with E-state index in [-0.39, 0.29) is 0 Å². The first-order chi connectivity index (χ1) is 12.5. The number of hydrogen-bond acceptors (Lipinski definition) is 4. The zero-order valence-corrected chi connectivity index (χ0v) is 15.9. The Morgan fingerprint density at radius 2 is 1.81 bits per heavy atom. The van der Waals surface area contributed by atoms with Gasteiger partial charge >= 0.3 is 6.03 Å². The number of unbranched alkanes of at least 4 members (excludes halogenated alkanes) is 3. The highest BCUT2D eigenvalue weighted by Gasteiger charge is 2.43. The molecular weight excluding hydrogens is 354 g/mol. The summed E-state index contributed by atoms with van der Waals surface area (Å²) in [5, 5.41) is 2.76. The highest BCUT2D eigenvalue weighted by atomic mass is 35.5. The van der Waals surface area contributed by atoms with Gasteiger partial charge in [-0.3, -0.25) is 19.9 Å². The molecule has 1 aliphatic heterocycles. The molecule has 1 N–H and O–H groups in total. The Morgan fingerprint density at radius 3 is 2.42 bits per heavy atom. The Balaban J connectivity index is 2.21. The third-order valence-electron chi connectivity index (χ3n) is 4.27. The number of nitrogens with one attached hydrogen (secondary N) is 1. The van der Waals surface area contributed by atoms with Gasteiger partial charge in [-0.2, -0.15) is 0 Å². The molecule has 0 aliphatic carbocycles. The highest BCUT2D eigenvalue weighted by Crippen LogP contribution is 2.24. The van der Waals surface area contributed by atoms with Crippen LogP contribution in [-0.4, -0.2) is 30.1 Å². The first kappa shape index (κ1) is 20.1. The molecule has 1 atom stereocenters. The third kappa shape index (κ3) is 4.69. The molecule has 0 bridgehead atoms. The van der Waals surface area contributed by atoms with Crippen LogP contribution >= 0.6 is 11.6 Å². The SMILES string of the molecule is CCCCCCN=C(CC)C1C(=O)NC(=O)N(c2ccc(Cl)cc2)C1=O. The van der Waals surface area contributed by atoms with Crippen molar-refractivity contribution in [3.63, 3.8) is 0 Å². The summed E-state index contributed by atoms with van der Waals surface area (Å²) in [7, 11) is 0. The van der Waals surface area contributed by atoms with E-state index in [1.807, 2.05) is 6.92 Å². The second-order valence-corrected chi connectivity index (χ2v) is 6.60. The van der Waals surface area contributed by atoms with Crippen LogP contribution in [0.5, 0.6) is 0 Å². The number of anilines is 1. The molecule has 0 spiro atoms. The molecule has 6 nitrogen and oxygen atoms in total. The van der Waals surface area contributed by atoms with Crippen LogP contribution in [0.15, 0.2) is 29.3 Å². The van der Waals surface area contributed by atoms with Gasteiger partial charge in [-0.25, -0.2) is 9.69 Å². The molecule has 140 valence electrons. The zero-order valence-electron chi connectivity index (χ0n) is 15.1. The minimum Gasteiger partial charge on any atom is -0.293 e. The Morgan fingerprint density at radius 1 is 1.12 bits per heavy atom. The lowest BCUT2D eigenvalue weighted by molar-refractivity contribution is -0.131. The number of nitrogens with zero attached hydrogens (tertiary/aromatic N) is 2. The summed E-state index contributed by atoms with van der Waals surface area (Å²) in [6.45, 7) is 4.57. The van der Waals surface area contributed by atoms with Crippen molar-refractivity contribution in [1.29, 1.82) is 0 Å². The minimum atomic E-state index is -1.07. The summed E-state index contributed by atoms with van der Waals surface area (Å²) in [6, 6.07) is 5.56. The molecule has 1 saturated heterocycles. The summed E-state index contributed by atoms with van der Waals surface area (Å²) >= 11 is 5.86. The van der Waals surface area contributed by atoms with Crippen molar-refractivity contribution >= 4 is 40.8 Å². The predicted octanol–water partition coefficient (Wildman–Crippen LogP) is 3.97. The van der Waals surface area contributed by atoms with Crippen molar-refractivity contribution in [1.82, 2.24) is 5.32 Å². The van der Waals surface area contributed by atoms with E-state index < -0.39 is 23.8 Å². The molecule has 0 saturated carbocycles. The number of hydrogen-bond donors (Lipinski definition) is 1. The van der Waals surface area contributed by atoms with Crippen molar-refractivity contribution in [2.75, 3.05) is 11.4 Å². The van der Waals surface area contributed by atoms with Crippen molar-refractivity contribution in [3.8, 4) is 0 Å². The fourth-order valence-corrected chi connectivity index (χ4v) is 3.00. The summed E-state index contributed by atoms with van der Waals surface area (Å²) in [5.41, 5.74) is 0.878. The molecule has 7 heteroatoms. The molecule has 4 amide bonds. The van der Waals surface area contributed by atoms with Gasteiger partial charge in [0, 0.05) is 17.3 Å².